The molecule has 1 heterocycles. The normalized spacial score (nSPS) is 10.3. The highest BCUT2D eigenvalue weighted by molar-refractivity contribution is 5.98. The lowest BCUT2D eigenvalue weighted by molar-refractivity contribution is 0.552. The Morgan fingerprint density at radius 1 is 1.33 bits per heavy atom. The van der Waals surface area contributed by atoms with Crippen LogP contribution in [-0.4, -0.2) is 5.84 Å². The SMILES string of the molecule is N=C(N)c1cc2ccocc-2c1. The van der Waals surface area contributed by atoms with Crippen molar-refractivity contribution in [2.24, 2.45) is 5.73 Å². The van der Waals surface area contributed by atoms with Crippen molar-refractivity contribution in [3.05, 3.63) is 36.3 Å². The summed E-state index contributed by atoms with van der Waals surface area (Å²) in [6.45, 7) is 0. The third kappa shape index (κ3) is 0.955. The maximum atomic E-state index is 7.21. The molecule has 3 heteroatoms. The summed E-state index contributed by atoms with van der Waals surface area (Å²) < 4.78 is 4.97. The number of amidine groups is 1. The fourth-order valence-electron chi connectivity index (χ4n) is 1.17. The number of fused-ring (bicyclic) bond motifs is 1. The largest absolute Gasteiger partial charge is 0.472 e. The van der Waals surface area contributed by atoms with Crippen molar-refractivity contribution in [3.63, 3.8) is 0 Å². The van der Waals surface area contributed by atoms with E-state index in [0.29, 0.717) is 0 Å². The van der Waals surface area contributed by atoms with Crippen LogP contribution in [0.25, 0.3) is 11.1 Å². The average molecular weight is 160 g/mol. The molecule has 1 aliphatic heterocycles. The third-order valence-corrected chi connectivity index (χ3v) is 1.79. The van der Waals surface area contributed by atoms with Crippen LogP contribution in [0.1, 0.15) is 5.56 Å². The summed E-state index contributed by atoms with van der Waals surface area (Å²) in [4.78, 5) is 0. The molecule has 0 saturated carbocycles. The molecule has 0 saturated heterocycles. The lowest BCUT2D eigenvalue weighted by Gasteiger charge is -1.91. The van der Waals surface area contributed by atoms with E-state index in [2.05, 4.69) is 0 Å². The highest BCUT2D eigenvalue weighted by Gasteiger charge is 2.07. The molecule has 0 atom stereocenters. The van der Waals surface area contributed by atoms with E-state index in [1.165, 1.54) is 0 Å². The van der Waals surface area contributed by atoms with Gasteiger partial charge in [0.05, 0.1) is 12.5 Å². The molecular weight excluding hydrogens is 152 g/mol. The summed E-state index contributed by atoms with van der Waals surface area (Å²) >= 11 is 0. The lowest BCUT2D eigenvalue weighted by Crippen LogP contribution is -2.08. The Morgan fingerprint density at radius 2 is 2.08 bits per heavy atom. The third-order valence-electron chi connectivity index (χ3n) is 1.79. The van der Waals surface area contributed by atoms with Gasteiger partial charge in [0, 0.05) is 11.1 Å². The Morgan fingerprint density at radius 3 is 2.75 bits per heavy atom. The molecule has 0 radical (unpaired) electrons. The van der Waals surface area contributed by atoms with E-state index < -0.39 is 0 Å². The molecule has 0 aromatic rings. The van der Waals surface area contributed by atoms with Crippen LogP contribution in [0.5, 0.6) is 0 Å². The zero-order valence-electron chi connectivity index (χ0n) is 6.37. The molecule has 2 rings (SSSR count). The summed E-state index contributed by atoms with van der Waals surface area (Å²) in [5.74, 6) is 0.0891. The molecule has 0 spiro atoms. The van der Waals surface area contributed by atoms with Crippen molar-refractivity contribution in [1.29, 1.82) is 5.41 Å². The minimum Gasteiger partial charge on any atom is -0.472 e. The number of nitrogen functional groups attached to an aromatic ring is 1. The zero-order chi connectivity index (χ0) is 8.55. The van der Waals surface area contributed by atoms with E-state index in [1.54, 1.807) is 12.5 Å². The second-order valence-electron chi connectivity index (χ2n) is 2.63. The smallest absolute Gasteiger partial charge is 0.122 e. The van der Waals surface area contributed by atoms with Crippen molar-refractivity contribution in [2.45, 2.75) is 0 Å². The summed E-state index contributed by atoms with van der Waals surface area (Å²) in [5.41, 5.74) is 8.09. The van der Waals surface area contributed by atoms with Crippen LogP contribution in [0, 0.1) is 5.41 Å². The van der Waals surface area contributed by atoms with Gasteiger partial charge in [0.2, 0.25) is 0 Å². The Hall–Kier alpha value is -1.77. The molecule has 0 fully saturated rings. The van der Waals surface area contributed by atoms with Gasteiger partial charge in [-0.15, -0.1) is 0 Å². The monoisotopic (exact) mass is 160 g/mol. The minimum atomic E-state index is 0.0891. The van der Waals surface area contributed by atoms with Crippen LogP contribution in [0.15, 0.2) is 35.1 Å². The van der Waals surface area contributed by atoms with Crippen molar-refractivity contribution < 1.29 is 4.42 Å². The number of nitrogens with one attached hydrogen (secondary N) is 1. The first-order chi connectivity index (χ1) is 5.77. The first-order valence-electron chi connectivity index (χ1n) is 3.58. The standard InChI is InChI=1S/C9H8N2O/c10-9(11)7-3-6-1-2-12-5-8(6)4-7/h1-5H,(H3,10,11). The van der Waals surface area contributed by atoms with Crippen LogP contribution in [0.3, 0.4) is 0 Å². The van der Waals surface area contributed by atoms with Crippen LogP contribution in [0.2, 0.25) is 0 Å². The number of hydrogen-bond donors (Lipinski definition) is 2. The zero-order valence-corrected chi connectivity index (χ0v) is 6.37. The lowest BCUT2D eigenvalue weighted by atomic mass is 10.2. The van der Waals surface area contributed by atoms with Crippen molar-refractivity contribution >= 4 is 5.84 Å². The summed E-state index contributed by atoms with van der Waals surface area (Å²) in [5, 5.41) is 7.21. The Labute approximate surface area is 69.7 Å². The molecular formula is C9H8N2O. The molecule has 12 heavy (non-hydrogen) atoms. The van der Waals surface area contributed by atoms with Gasteiger partial charge in [0.1, 0.15) is 5.84 Å². The first-order valence-corrected chi connectivity index (χ1v) is 3.58. The average Bonchev–Trinajstić information content (AvgIpc) is 2.46. The van der Waals surface area contributed by atoms with Gasteiger partial charge < -0.3 is 10.2 Å². The number of rotatable bonds is 1. The van der Waals surface area contributed by atoms with E-state index in [1.807, 2.05) is 18.2 Å². The second kappa shape index (κ2) is 2.37. The molecule has 60 valence electrons. The molecule has 0 amide bonds. The molecule has 3 nitrogen and oxygen atoms in total. The Balaban J connectivity index is 2.63. The molecule has 3 N–H and O–H groups in total. The topological polar surface area (TPSA) is 63.0 Å². The van der Waals surface area contributed by atoms with E-state index in [4.69, 9.17) is 15.6 Å². The second-order valence-corrected chi connectivity index (χ2v) is 2.63. The van der Waals surface area contributed by atoms with E-state index in [-0.39, 0.29) is 5.84 Å². The van der Waals surface area contributed by atoms with E-state index in [0.717, 1.165) is 16.7 Å². The molecule has 0 bridgehead atoms. The molecule has 2 aliphatic rings. The van der Waals surface area contributed by atoms with Crippen LogP contribution < -0.4 is 5.73 Å². The maximum Gasteiger partial charge on any atom is 0.122 e. The van der Waals surface area contributed by atoms with E-state index in [9.17, 15) is 0 Å². The van der Waals surface area contributed by atoms with Crippen LogP contribution in [0.4, 0.5) is 0 Å². The minimum absolute atomic E-state index is 0.0891. The highest BCUT2D eigenvalue weighted by Crippen LogP contribution is 2.24. The molecule has 0 unspecified atom stereocenters. The van der Waals surface area contributed by atoms with Crippen LogP contribution >= 0.6 is 0 Å². The predicted octanol–water partition coefficient (Wildman–Crippen LogP) is 1.67. The molecule has 0 aromatic heterocycles. The Bertz CT molecular complexity index is 362. The first kappa shape index (κ1) is 6.91. The van der Waals surface area contributed by atoms with Crippen molar-refractivity contribution in [2.75, 3.05) is 0 Å². The Kier molecular flexibility index (Phi) is 1.37. The van der Waals surface area contributed by atoms with Gasteiger partial charge in [-0.25, -0.2) is 0 Å². The van der Waals surface area contributed by atoms with Gasteiger partial charge in [0.15, 0.2) is 0 Å². The fourth-order valence-corrected chi connectivity index (χ4v) is 1.17. The molecule has 0 aromatic carbocycles. The van der Waals surface area contributed by atoms with Gasteiger partial charge in [-0.1, -0.05) is 0 Å². The summed E-state index contributed by atoms with van der Waals surface area (Å²) in [6, 6.07) is 5.55. The number of nitrogens with two attached hydrogens (primary N) is 1. The van der Waals surface area contributed by atoms with Crippen molar-refractivity contribution in [3.8, 4) is 11.1 Å². The molecule has 1 aliphatic carbocycles. The summed E-state index contributed by atoms with van der Waals surface area (Å²) in [7, 11) is 0. The van der Waals surface area contributed by atoms with Gasteiger partial charge in [-0.2, -0.15) is 0 Å². The quantitative estimate of drug-likeness (QED) is 0.492. The fraction of sp³-hybridized carbons (Fsp3) is 0. The maximum absolute atomic E-state index is 7.21. The summed E-state index contributed by atoms with van der Waals surface area (Å²) in [6.07, 6.45) is 3.24. The van der Waals surface area contributed by atoms with Gasteiger partial charge >= 0.3 is 0 Å². The highest BCUT2D eigenvalue weighted by atomic mass is 16.3. The van der Waals surface area contributed by atoms with Gasteiger partial charge in [-0.05, 0) is 23.8 Å². The van der Waals surface area contributed by atoms with E-state index >= 15 is 0 Å². The predicted molar refractivity (Wildman–Crippen MR) is 46.3 cm³/mol. The number of hydrogen-bond acceptors (Lipinski definition) is 2. The van der Waals surface area contributed by atoms with Crippen LogP contribution in [-0.2, 0) is 0 Å². The van der Waals surface area contributed by atoms with Gasteiger partial charge in [0.25, 0.3) is 0 Å². The van der Waals surface area contributed by atoms with Gasteiger partial charge in [-0.3, -0.25) is 5.41 Å². The van der Waals surface area contributed by atoms with Crippen molar-refractivity contribution in [1.82, 2.24) is 0 Å².